The zero-order chi connectivity index (χ0) is 13.0. The van der Waals surface area contributed by atoms with Gasteiger partial charge < -0.3 is 10.5 Å². The number of amides is 1. The predicted molar refractivity (Wildman–Crippen MR) is 68.9 cm³/mol. The van der Waals surface area contributed by atoms with E-state index in [2.05, 4.69) is 0 Å². The number of carbonyl (C=O) groups is 2. The van der Waals surface area contributed by atoms with Crippen molar-refractivity contribution in [3.05, 3.63) is 35.9 Å². The highest BCUT2D eigenvalue weighted by Gasteiger charge is 2.33. The summed E-state index contributed by atoms with van der Waals surface area (Å²) >= 11 is 0. The Bertz CT molecular complexity index is 419. The average Bonchev–Trinajstić information content (AvgIpc) is 2.86. The molecule has 0 aliphatic carbocycles. The van der Waals surface area contributed by atoms with Gasteiger partial charge in [0.05, 0.1) is 12.1 Å². The maximum Gasteiger partial charge on any atom is 0.234 e. The Labute approximate surface area is 107 Å². The molecule has 0 radical (unpaired) electrons. The van der Waals surface area contributed by atoms with Gasteiger partial charge in [-0.05, 0) is 31.4 Å². The third-order valence-electron chi connectivity index (χ3n) is 3.49. The SMILES string of the molecule is NC(=O)C1CCCN1[C@H](C=O)Cc1ccccc1. The molecule has 1 aromatic rings. The fourth-order valence-electron chi connectivity index (χ4n) is 2.59. The molecule has 1 amide bonds. The van der Waals surface area contributed by atoms with Crippen LogP contribution in [0.2, 0.25) is 0 Å². The van der Waals surface area contributed by atoms with Crippen LogP contribution in [0, 0.1) is 0 Å². The van der Waals surface area contributed by atoms with E-state index in [4.69, 9.17) is 5.73 Å². The largest absolute Gasteiger partial charge is 0.368 e. The monoisotopic (exact) mass is 246 g/mol. The highest BCUT2D eigenvalue weighted by Crippen LogP contribution is 2.21. The summed E-state index contributed by atoms with van der Waals surface area (Å²) in [5.74, 6) is -0.326. The van der Waals surface area contributed by atoms with Crippen LogP contribution in [0.3, 0.4) is 0 Å². The topological polar surface area (TPSA) is 63.4 Å². The Hall–Kier alpha value is -1.68. The molecule has 0 bridgehead atoms. The molecule has 96 valence electrons. The third-order valence-corrected chi connectivity index (χ3v) is 3.49. The molecule has 1 fully saturated rings. The molecule has 1 aliphatic heterocycles. The Morgan fingerprint density at radius 2 is 2.17 bits per heavy atom. The fourth-order valence-corrected chi connectivity index (χ4v) is 2.59. The van der Waals surface area contributed by atoms with Crippen molar-refractivity contribution in [1.29, 1.82) is 0 Å². The van der Waals surface area contributed by atoms with Gasteiger partial charge in [0.1, 0.15) is 6.29 Å². The van der Waals surface area contributed by atoms with Gasteiger partial charge in [-0.1, -0.05) is 30.3 Å². The number of hydrogen-bond donors (Lipinski definition) is 1. The van der Waals surface area contributed by atoms with Gasteiger partial charge in [0.15, 0.2) is 0 Å². The predicted octanol–water partition coefficient (Wildman–Crippen LogP) is 0.746. The summed E-state index contributed by atoms with van der Waals surface area (Å²) < 4.78 is 0. The quantitative estimate of drug-likeness (QED) is 0.780. The van der Waals surface area contributed by atoms with Gasteiger partial charge in [0, 0.05) is 0 Å². The Balaban J connectivity index is 2.09. The summed E-state index contributed by atoms with van der Waals surface area (Å²) in [7, 11) is 0. The van der Waals surface area contributed by atoms with E-state index < -0.39 is 0 Å². The van der Waals surface area contributed by atoms with E-state index in [0.29, 0.717) is 6.42 Å². The maximum atomic E-state index is 11.3. The van der Waals surface area contributed by atoms with Gasteiger partial charge in [0.2, 0.25) is 5.91 Å². The number of nitrogens with zero attached hydrogens (tertiary/aromatic N) is 1. The van der Waals surface area contributed by atoms with E-state index in [1.807, 2.05) is 35.2 Å². The second-order valence-corrected chi connectivity index (χ2v) is 4.69. The lowest BCUT2D eigenvalue weighted by molar-refractivity contribution is -0.124. The average molecular weight is 246 g/mol. The standard InChI is InChI=1S/C14H18N2O2/c15-14(18)13-7-4-8-16(13)12(10-17)9-11-5-2-1-3-6-11/h1-3,5-6,10,12-13H,4,7-9H2,(H2,15,18)/t12-,13?/m0/s1. The Kier molecular flexibility index (Phi) is 4.10. The molecule has 1 unspecified atom stereocenters. The highest BCUT2D eigenvalue weighted by atomic mass is 16.1. The highest BCUT2D eigenvalue weighted by molar-refractivity contribution is 5.80. The first-order chi connectivity index (χ1) is 8.72. The van der Waals surface area contributed by atoms with Crippen LogP contribution in [0.5, 0.6) is 0 Å². The minimum absolute atomic E-state index is 0.257. The van der Waals surface area contributed by atoms with Crippen LogP contribution >= 0.6 is 0 Å². The van der Waals surface area contributed by atoms with Crippen LogP contribution in [-0.4, -0.2) is 35.7 Å². The van der Waals surface area contributed by atoms with Crippen molar-refractivity contribution < 1.29 is 9.59 Å². The molecule has 2 rings (SSSR count). The number of benzene rings is 1. The second-order valence-electron chi connectivity index (χ2n) is 4.69. The molecule has 1 aromatic carbocycles. The molecule has 4 heteroatoms. The van der Waals surface area contributed by atoms with E-state index in [0.717, 1.165) is 31.2 Å². The van der Waals surface area contributed by atoms with Crippen molar-refractivity contribution in [1.82, 2.24) is 4.90 Å². The van der Waals surface area contributed by atoms with Gasteiger partial charge in [0.25, 0.3) is 0 Å². The van der Waals surface area contributed by atoms with Crippen molar-refractivity contribution in [3.63, 3.8) is 0 Å². The number of rotatable bonds is 5. The fraction of sp³-hybridized carbons (Fsp3) is 0.429. The van der Waals surface area contributed by atoms with Crippen LogP contribution in [0.15, 0.2) is 30.3 Å². The first kappa shape index (κ1) is 12.8. The summed E-state index contributed by atoms with van der Waals surface area (Å²) in [6.45, 7) is 0.768. The van der Waals surface area contributed by atoms with Gasteiger partial charge in [-0.25, -0.2) is 0 Å². The second kappa shape index (κ2) is 5.78. The third kappa shape index (κ3) is 2.76. The zero-order valence-corrected chi connectivity index (χ0v) is 10.3. The van der Waals surface area contributed by atoms with Crippen molar-refractivity contribution in [2.24, 2.45) is 5.73 Å². The molecule has 1 heterocycles. The molecule has 18 heavy (non-hydrogen) atoms. The first-order valence-electron chi connectivity index (χ1n) is 6.26. The van der Waals surface area contributed by atoms with Crippen LogP contribution in [0.1, 0.15) is 18.4 Å². The van der Waals surface area contributed by atoms with E-state index in [9.17, 15) is 9.59 Å². The number of primary amides is 1. The van der Waals surface area contributed by atoms with Gasteiger partial charge >= 0.3 is 0 Å². The maximum absolute atomic E-state index is 11.3. The smallest absolute Gasteiger partial charge is 0.234 e. The molecule has 1 saturated heterocycles. The number of carbonyl (C=O) groups excluding carboxylic acids is 2. The molecule has 0 aromatic heterocycles. The van der Waals surface area contributed by atoms with E-state index >= 15 is 0 Å². The molecular formula is C14H18N2O2. The van der Waals surface area contributed by atoms with Crippen molar-refractivity contribution >= 4 is 12.2 Å². The Morgan fingerprint density at radius 3 is 2.78 bits per heavy atom. The minimum Gasteiger partial charge on any atom is -0.368 e. The molecular weight excluding hydrogens is 228 g/mol. The van der Waals surface area contributed by atoms with Crippen LogP contribution in [0.25, 0.3) is 0 Å². The molecule has 2 N–H and O–H groups in total. The molecule has 0 spiro atoms. The van der Waals surface area contributed by atoms with E-state index in [1.165, 1.54) is 0 Å². The number of likely N-dealkylation sites (tertiary alicyclic amines) is 1. The lowest BCUT2D eigenvalue weighted by atomic mass is 10.0. The van der Waals surface area contributed by atoms with E-state index in [1.54, 1.807) is 0 Å². The molecule has 2 atom stereocenters. The lowest BCUT2D eigenvalue weighted by Gasteiger charge is -2.27. The number of hydrogen-bond acceptors (Lipinski definition) is 3. The first-order valence-corrected chi connectivity index (χ1v) is 6.26. The number of aldehydes is 1. The number of nitrogens with two attached hydrogens (primary N) is 1. The van der Waals surface area contributed by atoms with Crippen molar-refractivity contribution in [2.45, 2.75) is 31.3 Å². The summed E-state index contributed by atoms with van der Waals surface area (Å²) in [4.78, 5) is 24.6. The lowest BCUT2D eigenvalue weighted by Crippen LogP contribution is -2.47. The summed E-state index contributed by atoms with van der Waals surface area (Å²) in [5.41, 5.74) is 6.48. The molecule has 1 aliphatic rings. The molecule has 4 nitrogen and oxygen atoms in total. The van der Waals surface area contributed by atoms with Crippen LogP contribution in [-0.2, 0) is 16.0 Å². The summed E-state index contributed by atoms with van der Waals surface area (Å²) in [5, 5.41) is 0. The Morgan fingerprint density at radius 1 is 1.44 bits per heavy atom. The van der Waals surface area contributed by atoms with Gasteiger partial charge in [-0.2, -0.15) is 0 Å². The zero-order valence-electron chi connectivity index (χ0n) is 10.3. The summed E-state index contributed by atoms with van der Waals surface area (Å²) in [6, 6.07) is 9.29. The van der Waals surface area contributed by atoms with Crippen molar-refractivity contribution in [3.8, 4) is 0 Å². The van der Waals surface area contributed by atoms with E-state index in [-0.39, 0.29) is 18.0 Å². The van der Waals surface area contributed by atoms with Crippen LogP contribution in [0.4, 0.5) is 0 Å². The van der Waals surface area contributed by atoms with Gasteiger partial charge in [-0.15, -0.1) is 0 Å². The van der Waals surface area contributed by atoms with Crippen LogP contribution < -0.4 is 5.73 Å². The minimum atomic E-state index is -0.326. The molecule has 0 saturated carbocycles. The van der Waals surface area contributed by atoms with Crippen molar-refractivity contribution in [2.75, 3.05) is 6.54 Å². The van der Waals surface area contributed by atoms with Gasteiger partial charge in [-0.3, -0.25) is 9.69 Å². The summed E-state index contributed by atoms with van der Waals surface area (Å²) in [6.07, 6.45) is 3.24. The normalized spacial score (nSPS) is 21.7.